The molecule has 4 bridgehead atoms. The Bertz CT molecular complexity index is 1460. The summed E-state index contributed by atoms with van der Waals surface area (Å²) >= 11 is 0. The molecule has 1 aromatic heterocycles. The second kappa shape index (κ2) is 11.1. The number of hydrogen-bond donors (Lipinski definition) is 1. The zero-order valence-corrected chi connectivity index (χ0v) is 26.7. The van der Waals surface area contributed by atoms with Gasteiger partial charge in [-0.3, -0.25) is 14.7 Å². The fraction of sp³-hybridized carbons (Fsp3) is 0.714. The first-order chi connectivity index (χ1) is 21.7. The number of carbonyl (C=O) groups excluding carboxylic acids is 1. The van der Waals surface area contributed by atoms with E-state index in [0.717, 1.165) is 73.8 Å². The fourth-order valence-corrected chi connectivity index (χ4v) is 9.88. The van der Waals surface area contributed by atoms with Crippen LogP contribution in [0.25, 0.3) is 10.9 Å². The van der Waals surface area contributed by atoms with Gasteiger partial charge in [0, 0.05) is 48.8 Å². The summed E-state index contributed by atoms with van der Waals surface area (Å²) in [6.45, 7) is 7.99. The first-order valence-corrected chi connectivity index (χ1v) is 16.9. The van der Waals surface area contributed by atoms with Crippen LogP contribution < -0.4 is 4.74 Å². The zero-order chi connectivity index (χ0) is 31.1. The van der Waals surface area contributed by atoms with E-state index in [0.29, 0.717) is 18.3 Å². The standard InChI is InChI=1S/C35H46N2O8/c1-19-5-7-27-20(2)32(42-33-35(27)26(19)9-12-34(3,43-33)44-45-35)41-30(38)16-22-18-37-14-11-21(22)15-29(37)31(39)24-10-13-36-28-8-6-23(40-4)17-25(24)28/h6,8,10,13,17,19-22,26-27,29,31-33,39H,5,7,9,11-12,14-16,18H2,1-4H3/t19-,20-,21?,22?,26?,27?,29?,31-,32-,33?,34-,35-/m1/s1. The average Bonchev–Trinajstić information content (AvgIpc) is 3.28. The minimum absolute atomic E-state index is 0.0151. The van der Waals surface area contributed by atoms with E-state index in [1.807, 2.05) is 31.2 Å². The molecule has 0 radical (unpaired) electrons. The van der Waals surface area contributed by atoms with Crippen molar-refractivity contribution in [3.05, 3.63) is 36.0 Å². The number of methoxy groups -OCH3 is 1. The predicted molar refractivity (Wildman–Crippen MR) is 162 cm³/mol. The molecule has 1 aromatic carbocycles. The lowest BCUT2D eigenvalue weighted by Crippen LogP contribution is -2.70. The van der Waals surface area contributed by atoms with Crippen molar-refractivity contribution >= 4 is 16.9 Å². The number of aromatic nitrogens is 1. The molecule has 7 saturated heterocycles. The van der Waals surface area contributed by atoms with Gasteiger partial charge in [0.05, 0.1) is 18.7 Å². The zero-order valence-electron chi connectivity index (χ0n) is 26.7. The summed E-state index contributed by atoms with van der Waals surface area (Å²) in [5.74, 6) is 0.977. The van der Waals surface area contributed by atoms with Gasteiger partial charge in [-0.1, -0.05) is 13.8 Å². The molecule has 8 fully saturated rings. The summed E-state index contributed by atoms with van der Waals surface area (Å²) in [6.07, 6.45) is 5.73. The van der Waals surface area contributed by atoms with E-state index in [1.54, 1.807) is 13.3 Å². The molecule has 244 valence electrons. The number of hydrogen-bond acceptors (Lipinski definition) is 10. The van der Waals surface area contributed by atoms with E-state index < -0.39 is 30.1 Å². The van der Waals surface area contributed by atoms with Gasteiger partial charge in [-0.05, 0) is 99.1 Å². The third kappa shape index (κ3) is 4.81. The van der Waals surface area contributed by atoms with E-state index in [1.165, 1.54) is 0 Å². The Morgan fingerprint density at radius 2 is 2.02 bits per heavy atom. The van der Waals surface area contributed by atoms with Crippen molar-refractivity contribution in [1.29, 1.82) is 0 Å². The van der Waals surface area contributed by atoms with E-state index >= 15 is 0 Å². The van der Waals surface area contributed by atoms with Gasteiger partial charge in [-0.25, -0.2) is 9.78 Å². The lowest BCUT2D eigenvalue weighted by molar-refractivity contribution is -0.576. The third-order valence-electron chi connectivity index (χ3n) is 12.4. The molecule has 45 heavy (non-hydrogen) atoms. The number of fused-ring (bicyclic) bond motifs is 6. The van der Waals surface area contributed by atoms with Crippen molar-refractivity contribution in [2.75, 3.05) is 20.2 Å². The molecular weight excluding hydrogens is 576 g/mol. The summed E-state index contributed by atoms with van der Waals surface area (Å²) in [5.41, 5.74) is 1.03. The molecule has 8 heterocycles. The van der Waals surface area contributed by atoms with Gasteiger partial charge in [-0.2, -0.15) is 0 Å². The van der Waals surface area contributed by atoms with Crippen LogP contribution in [0, 0.1) is 35.5 Å². The minimum Gasteiger partial charge on any atom is -0.497 e. The van der Waals surface area contributed by atoms with E-state index in [2.05, 4.69) is 23.7 Å². The Kier molecular flexibility index (Phi) is 7.43. The van der Waals surface area contributed by atoms with Gasteiger partial charge in [-0.15, -0.1) is 0 Å². The number of piperidine rings is 3. The van der Waals surface area contributed by atoms with Crippen molar-refractivity contribution in [3.8, 4) is 5.75 Å². The third-order valence-corrected chi connectivity index (χ3v) is 12.4. The molecule has 1 saturated carbocycles. The number of benzene rings is 1. The highest BCUT2D eigenvalue weighted by atomic mass is 17.3. The molecule has 7 unspecified atom stereocenters. The maximum atomic E-state index is 13.5. The smallest absolute Gasteiger partial charge is 0.308 e. The summed E-state index contributed by atoms with van der Waals surface area (Å²) in [6, 6.07) is 7.66. The first kappa shape index (κ1) is 30.0. The number of nitrogens with zero attached hydrogens (tertiary/aromatic N) is 2. The maximum Gasteiger partial charge on any atom is 0.308 e. The van der Waals surface area contributed by atoms with Crippen molar-refractivity contribution in [1.82, 2.24) is 9.88 Å². The van der Waals surface area contributed by atoms with Crippen molar-refractivity contribution < 1.29 is 38.6 Å². The summed E-state index contributed by atoms with van der Waals surface area (Å²) < 4.78 is 24.5. The second-order valence-corrected chi connectivity index (χ2v) is 14.8. The van der Waals surface area contributed by atoms with Crippen LogP contribution in [0.2, 0.25) is 0 Å². The molecule has 7 aliphatic heterocycles. The fourth-order valence-electron chi connectivity index (χ4n) is 9.88. The molecule has 13 atom stereocenters. The Balaban J connectivity index is 0.944. The van der Waals surface area contributed by atoms with Crippen molar-refractivity contribution in [2.24, 2.45) is 35.5 Å². The molecule has 10 rings (SSSR count). The van der Waals surface area contributed by atoms with E-state index in [-0.39, 0.29) is 35.7 Å². The van der Waals surface area contributed by atoms with Crippen molar-refractivity contribution in [2.45, 2.75) is 102 Å². The molecule has 2 aromatic rings. The Hall–Kier alpha value is -2.34. The van der Waals surface area contributed by atoms with Gasteiger partial charge in [0.2, 0.25) is 12.1 Å². The van der Waals surface area contributed by atoms with Crippen LogP contribution in [0.4, 0.5) is 0 Å². The number of ether oxygens (including phenoxy) is 4. The molecule has 0 amide bonds. The molecule has 1 N–H and O–H groups in total. The van der Waals surface area contributed by atoms with E-state index in [9.17, 15) is 9.90 Å². The highest BCUT2D eigenvalue weighted by Gasteiger charge is 2.69. The normalized spacial score (nSPS) is 44.2. The Morgan fingerprint density at radius 1 is 1.16 bits per heavy atom. The minimum atomic E-state index is -0.863. The van der Waals surface area contributed by atoms with Crippen LogP contribution in [0.3, 0.4) is 0 Å². The van der Waals surface area contributed by atoms with Crippen LogP contribution in [-0.2, 0) is 28.8 Å². The summed E-state index contributed by atoms with van der Waals surface area (Å²) in [4.78, 5) is 32.5. The molecular formula is C35H46N2O8. The largest absolute Gasteiger partial charge is 0.497 e. The van der Waals surface area contributed by atoms with Gasteiger partial charge in [0.15, 0.2) is 11.9 Å². The molecule has 1 aliphatic carbocycles. The van der Waals surface area contributed by atoms with Crippen LogP contribution in [0.5, 0.6) is 5.75 Å². The highest BCUT2D eigenvalue weighted by molar-refractivity contribution is 5.84. The lowest BCUT2D eigenvalue weighted by Gasteiger charge is -2.60. The van der Waals surface area contributed by atoms with Crippen LogP contribution in [0.1, 0.15) is 77.4 Å². The van der Waals surface area contributed by atoms with Crippen LogP contribution in [-0.4, -0.2) is 71.2 Å². The van der Waals surface area contributed by atoms with Crippen molar-refractivity contribution in [3.63, 3.8) is 0 Å². The molecule has 1 spiro atoms. The molecule has 10 heteroatoms. The first-order valence-electron chi connectivity index (χ1n) is 16.9. The number of pyridine rings is 1. The number of carbonyl (C=O) groups is 1. The topological polar surface area (TPSA) is 109 Å². The van der Waals surface area contributed by atoms with Crippen LogP contribution >= 0.6 is 0 Å². The molecule has 10 nitrogen and oxygen atoms in total. The monoisotopic (exact) mass is 622 g/mol. The SMILES string of the molecule is COc1ccc2nccc([C@@H](O)C3CC4CCN3CC4CC(=O)O[C@@H]3OC4O[C@@]5(C)CCC6[C@H](C)CCC([C@H]3C)[C@@]46OO5)c2c1. The molecule has 8 aliphatic rings. The lowest BCUT2D eigenvalue weighted by atomic mass is 9.58. The average molecular weight is 623 g/mol. The van der Waals surface area contributed by atoms with Gasteiger partial charge >= 0.3 is 5.97 Å². The van der Waals surface area contributed by atoms with Crippen LogP contribution in [0.15, 0.2) is 30.5 Å². The van der Waals surface area contributed by atoms with Gasteiger partial charge in [0.25, 0.3) is 0 Å². The Labute approximate surface area is 264 Å². The maximum absolute atomic E-state index is 13.5. The number of aliphatic hydroxyl groups is 1. The van der Waals surface area contributed by atoms with E-state index in [4.69, 9.17) is 28.7 Å². The summed E-state index contributed by atoms with van der Waals surface area (Å²) in [5, 5.41) is 12.6. The predicted octanol–water partition coefficient (Wildman–Crippen LogP) is 5.13. The van der Waals surface area contributed by atoms with Gasteiger partial charge < -0.3 is 24.1 Å². The number of aliphatic hydroxyl groups excluding tert-OH is 1. The number of esters is 1. The quantitative estimate of drug-likeness (QED) is 0.344. The summed E-state index contributed by atoms with van der Waals surface area (Å²) in [7, 11) is 1.64. The second-order valence-electron chi connectivity index (χ2n) is 14.8. The highest BCUT2D eigenvalue weighted by Crippen LogP contribution is 2.60. The van der Waals surface area contributed by atoms with Gasteiger partial charge in [0.1, 0.15) is 5.75 Å². The number of rotatable bonds is 6. The Morgan fingerprint density at radius 3 is 2.82 bits per heavy atom.